The molecule has 2 aromatic rings. The molecule has 1 fully saturated rings. The highest BCUT2D eigenvalue weighted by molar-refractivity contribution is 6.46. The van der Waals surface area contributed by atoms with Crippen molar-refractivity contribution in [1.29, 1.82) is 0 Å². The smallest absolute Gasteiger partial charge is 0.295 e. The van der Waals surface area contributed by atoms with E-state index in [1.165, 1.54) is 12.0 Å². The van der Waals surface area contributed by atoms with E-state index >= 15 is 0 Å². The lowest BCUT2D eigenvalue weighted by Gasteiger charge is -2.25. The van der Waals surface area contributed by atoms with Crippen LogP contribution < -0.4 is 4.74 Å². The first-order chi connectivity index (χ1) is 14.9. The number of hydrogen-bond acceptors (Lipinski definition) is 5. The number of ether oxygens (including phenoxy) is 2. The molecule has 31 heavy (non-hydrogen) atoms. The molecule has 0 aromatic heterocycles. The van der Waals surface area contributed by atoms with Crippen LogP contribution in [-0.4, -0.2) is 49.1 Å². The van der Waals surface area contributed by atoms with Gasteiger partial charge < -0.3 is 19.5 Å². The zero-order chi connectivity index (χ0) is 22.5. The monoisotopic (exact) mass is 423 g/mol. The topological polar surface area (TPSA) is 76.1 Å². The number of methoxy groups -OCH3 is 2. The van der Waals surface area contributed by atoms with Gasteiger partial charge in [-0.1, -0.05) is 50.2 Å². The third-order valence-electron chi connectivity index (χ3n) is 5.55. The van der Waals surface area contributed by atoms with Gasteiger partial charge in [0, 0.05) is 25.8 Å². The highest BCUT2D eigenvalue weighted by atomic mass is 16.5. The molecule has 0 saturated carbocycles. The summed E-state index contributed by atoms with van der Waals surface area (Å²) in [6, 6.07) is 14.0. The second-order valence-electron chi connectivity index (χ2n) is 7.89. The molecule has 1 atom stereocenters. The Kier molecular flexibility index (Phi) is 7.13. The number of ketones is 1. The second-order valence-corrected chi connectivity index (χ2v) is 7.89. The van der Waals surface area contributed by atoms with E-state index in [2.05, 4.69) is 13.8 Å². The molecule has 164 valence electrons. The number of carbonyl (C=O) groups is 2. The lowest BCUT2D eigenvalue weighted by Crippen LogP contribution is -2.31. The number of hydrogen-bond donors (Lipinski definition) is 1. The molecular formula is C25H29NO5. The van der Waals surface area contributed by atoms with Gasteiger partial charge in [0.1, 0.15) is 11.5 Å². The molecule has 6 nitrogen and oxygen atoms in total. The standard InChI is InChI=1S/C25H29NO5/c1-16(2)17-9-11-18(12-10-17)22-21(23(27)19-7-5-8-20(15-19)31-4)24(28)25(29)26(22)13-6-14-30-3/h5,7-12,15-16,22,27H,6,13-14H2,1-4H3/t22-/m1/s1. The minimum absolute atomic E-state index is 0.0907. The van der Waals surface area contributed by atoms with E-state index in [4.69, 9.17) is 9.47 Å². The van der Waals surface area contributed by atoms with Crippen molar-refractivity contribution in [3.63, 3.8) is 0 Å². The molecule has 1 amide bonds. The largest absolute Gasteiger partial charge is 0.507 e. The summed E-state index contributed by atoms with van der Waals surface area (Å²) in [7, 11) is 3.13. The first kappa shape index (κ1) is 22.6. The summed E-state index contributed by atoms with van der Waals surface area (Å²) < 4.78 is 10.4. The zero-order valence-corrected chi connectivity index (χ0v) is 18.4. The van der Waals surface area contributed by atoms with Crippen LogP contribution in [0.2, 0.25) is 0 Å². The van der Waals surface area contributed by atoms with Gasteiger partial charge in [0.25, 0.3) is 11.7 Å². The van der Waals surface area contributed by atoms with Crippen LogP contribution in [0.5, 0.6) is 5.75 Å². The van der Waals surface area contributed by atoms with Gasteiger partial charge in [-0.2, -0.15) is 0 Å². The van der Waals surface area contributed by atoms with E-state index in [0.717, 1.165) is 11.1 Å². The van der Waals surface area contributed by atoms with E-state index in [-0.39, 0.29) is 11.3 Å². The van der Waals surface area contributed by atoms with Gasteiger partial charge in [0.05, 0.1) is 18.7 Å². The van der Waals surface area contributed by atoms with E-state index in [1.807, 2.05) is 24.3 Å². The lowest BCUT2D eigenvalue weighted by atomic mass is 9.93. The van der Waals surface area contributed by atoms with Gasteiger partial charge >= 0.3 is 0 Å². The van der Waals surface area contributed by atoms with Crippen molar-refractivity contribution in [1.82, 2.24) is 4.90 Å². The fourth-order valence-corrected chi connectivity index (χ4v) is 3.83. The predicted molar refractivity (Wildman–Crippen MR) is 119 cm³/mol. The lowest BCUT2D eigenvalue weighted by molar-refractivity contribution is -0.140. The molecule has 0 bridgehead atoms. The molecule has 0 radical (unpaired) electrons. The number of aliphatic hydroxyl groups is 1. The Morgan fingerprint density at radius 1 is 1.10 bits per heavy atom. The van der Waals surface area contributed by atoms with Crippen molar-refractivity contribution in [3.8, 4) is 5.75 Å². The second kappa shape index (κ2) is 9.79. The van der Waals surface area contributed by atoms with Gasteiger partial charge in [-0.15, -0.1) is 0 Å². The highest BCUT2D eigenvalue weighted by Crippen LogP contribution is 2.40. The van der Waals surface area contributed by atoms with E-state index < -0.39 is 17.7 Å². The normalized spacial score (nSPS) is 18.1. The molecule has 0 unspecified atom stereocenters. The molecule has 0 aliphatic carbocycles. The van der Waals surface area contributed by atoms with Crippen molar-refractivity contribution in [2.75, 3.05) is 27.4 Å². The summed E-state index contributed by atoms with van der Waals surface area (Å²) in [5.74, 6) is -0.589. The fraction of sp³-hybridized carbons (Fsp3) is 0.360. The van der Waals surface area contributed by atoms with Crippen LogP contribution in [0.15, 0.2) is 54.1 Å². The minimum Gasteiger partial charge on any atom is -0.507 e. The Morgan fingerprint density at radius 2 is 1.81 bits per heavy atom. The molecular weight excluding hydrogens is 394 g/mol. The Hall–Kier alpha value is -3.12. The van der Waals surface area contributed by atoms with Crippen LogP contribution >= 0.6 is 0 Å². The van der Waals surface area contributed by atoms with E-state index in [9.17, 15) is 14.7 Å². The van der Waals surface area contributed by atoms with Gasteiger partial charge in [-0.3, -0.25) is 9.59 Å². The average molecular weight is 424 g/mol. The SMILES string of the molecule is COCCCN1C(=O)C(=O)C(=C(O)c2cccc(OC)c2)[C@H]1c1ccc(C(C)C)cc1. The molecule has 1 heterocycles. The van der Waals surface area contributed by atoms with Gasteiger partial charge in [-0.05, 0) is 35.6 Å². The van der Waals surface area contributed by atoms with Crippen molar-refractivity contribution in [2.24, 2.45) is 0 Å². The molecule has 3 rings (SSSR count). The summed E-state index contributed by atoms with van der Waals surface area (Å²) in [6.45, 7) is 5.03. The van der Waals surface area contributed by atoms with Crippen LogP contribution in [-0.2, 0) is 14.3 Å². The van der Waals surface area contributed by atoms with E-state index in [0.29, 0.717) is 36.8 Å². The number of Topliss-reactive ketones (excluding diaryl/α,β-unsaturated/α-hetero) is 1. The maximum Gasteiger partial charge on any atom is 0.295 e. The Bertz CT molecular complexity index is 978. The number of amides is 1. The Morgan fingerprint density at radius 3 is 2.42 bits per heavy atom. The third kappa shape index (κ3) is 4.64. The third-order valence-corrected chi connectivity index (χ3v) is 5.55. The van der Waals surface area contributed by atoms with E-state index in [1.54, 1.807) is 31.4 Å². The maximum absolute atomic E-state index is 13.0. The Balaban J connectivity index is 2.11. The predicted octanol–water partition coefficient (Wildman–Crippen LogP) is 4.28. The van der Waals surface area contributed by atoms with Gasteiger partial charge in [0.15, 0.2) is 0 Å². The summed E-state index contributed by atoms with van der Waals surface area (Å²) in [4.78, 5) is 27.4. The first-order valence-corrected chi connectivity index (χ1v) is 10.4. The molecule has 1 N–H and O–H groups in total. The summed E-state index contributed by atoms with van der Waals surface area (Å²) in [6.07, 6.45) is 0.587. The van der Waals surface area contributed by atoms with Crippen molar-refractivity contribution in [3.05, 3.63) is 70.8 Å². The van der Waals surface area contributed by atoms with Crippen molar-refractivity contribution >= 4 is 17.4 Å². The number of nitrogens with zero attached hydrogens (tertiary/aromatic N) is 1. The molecule has 2 aromatic carbocycles. The van der Waals surface area contributed by atoms with Crippen LogP contribution in [0, 0.1) is 0 Å². The highest BCUT2D eigenvalue weighted by Gasteiger charge is 2.45. The number of aliphatic hydroxyl groups excluding tert-OH is 1. The number of rotatable bonds is 8. The van der Waals surface area contributed by atoms with Crippen LogP contribution in [0.4, 0.5) is 0 Å². The summed E-state index contributed by atoms with van der Waals surface area (Å²) in [5, 5.41) is 11.1. The van der Waals surface area contributed by atoms with Crippen molar-refractivity contribution < 1.29 is 24.2 Å². The fourth-order valence-electron chi connectivity index (χ4n) is 3.83. The van der Waals surface area contributed by atoms with Crippen LogP contribution in [0.3, 0.4) is 0 Å². The molecule has 0 spiro atoms. The number of carbonyl (C=O) groups excluding carboxylic acids is 2. The zero-order valence-electron chi connectivity index (χ0n) is 18.4. The summed E-state index contributed by atoms with van der Waals surface area (Å²) >= 11 is 0. The minimum atomic E-state index is -0.685. The average Bonchev–Trinajstić information content (AvgIpc) is 3.03. The molecule has 1 aliphatic heterocycles. The first-order valence-electron chi connectivity index (χ1n) is 10.4. The Labute approximate surface area is 183 Å². The maximum atomic E-state index is 13.0. The van der Waals surface area contributed by atoms with Crippen molar-refractivity contribution in [2.45, 2.75) is 32.2 Å². The van der Waals surface area contributed by atoms with Crippen LogP contribution in [0.1, 0.15) is 48.9 Å². The summed E-state index contributed by atoms with van der Waals surface area (Å²) in [5.41, 5.74) is 2.46. The quantitative estimate of drug-likeness (QED) is 0.297. The molecule has 6 heteroatoms. The molecule has 1 aliphatic rings. The van der Waals surface area contributed by atoms with Gasteiger partial charge in [-0.25, -0.2) is 0 Å². The van der Waals surface area contributed by atoms with Gasteiger partial charge in [0.2, 0.25) is 0 Å². The number of benzene rings is 2. The number of likely N-dealkylation sites (tertiary alicyclic amines) is 1. The molecule has 1 saturated heterocycles. The van der Waals surface area contributed by atoms with Crippen LogP contribution in [0.25, 0.3) is 5.76 Å².